The molecule has 0 saturated heterocycles. The van der Waals surface area contributed by atoms with E-state index >= 15 is 0 Å². The summed E-state index contributed by atoms with van der Waals surface area (Å²) in [5.74, 6) is 1.44. The third kappa shape index (κ3) is 5.31. The third-order valence-corrected chi connectivity index (χ3v) is 4.84. The number of rotatable bonds is 7. The second-order valence-electron chi connectivity index (χ2n) is 5.24. The number of aromatic nitrogens is 3. The summed E-state index contributed by atoms with van der Waals surface area (Å²) in [7, 11) is 0. The number of thioether (sulfide) groups is 1. The Morgan fingerprint density at radius 2 is 2.27 bits per heavy atom. The number of carbonyl (C=O) groups excluding carboxylic acids is 1. The zero-order chi connectivity index (χ0) is 15.9. The molecule has 2 N–H and O–H groups in total. The molecule has 0 spiro atoms. The average molecular weight is 336 g/mol. The van der Waals surface area contributed by atoms with Crippen molar-refractivity contribution in [3.63, 3.8) is 0 Å². The first-order valence-electron chi connectivity index (χ1n) is 7.10. The van der Waals surface area contributed by atoms with Crippen molar-refractivity contribution < 1.29 is 4.79 Å². The lowest BCUT2D eigenvalue weighted by molar-refractivity contribution is -0.119. The summed E-state index contributed by atoms with van der Waals surface area (Å²) in [6.45, 7) is 6.17. The Morgan fingerprint density at radius 3 is 2.95 bits per heavy atom. The Kier molecular flexibility index (Phi) is 6.21. The number of hydrogen-bond acceptors (Lipinski definition) is 5. The normalized spacial score (nSPS) is 12.9. The fraction of sp³-hybridized carbons (Fsp3) is 0.400. The molecule has 0 fully saturated rings. The van der Waals surface area contributed by atoms with Crippen LogP contribution in [0.4, 0.5) is 0 Å². The van der Waals surface area contributed by atoms with Crippen LogP contribution in [0.2, 0.25) is 0 Å². The maximum absolute atomic E-state index is 11.8. The molecular formula is C15H20N4OS2. The molecule has 0 aliphatic carbocycles. The van der Waals surface area contributed by atoms with Gasteiger partial charge in [0.2, 0.25) is 11.1 Å². The molecule has 0 saturated carbocycles. The van der Waals surface area contributed by atoms with Crippen LogP contribution in [-0.2, 0) is 4.79 Å². The van der Waals surface area contributed by atoms with E-state index in [1.807, 2.05) is 36.6 Å². The largest absolute Gasteiger partial charge is 0.353 e. The molecule has 1 amide bonds. The molecular weight excluding hydrogens is 316 g/mol. The summed E-state index contributed by atoms with van der Waals surface area (Å²) < 4.78 is 0. The number of thiophene rings is 1. The van der Waals surface area contributed by atoms with Gasteiger partial charge in [0.05, 0.1) is 5.75 Å². The van der Waals surface area contributed by atoms with Crippen molar-refractivity contribution in [3.05, 3.63) is 28.2 Å². The molecule has 5 nitrogen and oxygen atoms in total. The quantitative estimate of drug-likeness (QED) is 0.761. The second-order valence-corrected chi connectivity index (χ2v) is 7.16. The van der Waals surface area contributed by atoms with Gasteiger partial charge in [0, 0.05) is 10.9 Å². The number of nitrogens with one attached hydrogen (secondary N) is 2. The lowest BCUT2D eigenvalue weighted by Gasteiger charge is -2.16. The fourth-order valence-corrected chi connectivity index (χ4v) is 2.77. The highest BCUT2D eigenvalue weighted by atomic mass is 32.2. The Hall–Kier alpha value is -1.60. The highest BCUT2D eigenvalue weighted by Gasteiger charge is 2.12. The zero-order valence-electron chi connectivity index (χ0n) is 12.9. The summed E-state index contributed by atoms with van der Waals surface area (Å²) in [5, 5.41) is 12.5. The predicted molar refractivity (Wildman–Crippen MR) is 92.8 cm³/mol. The van der Waals surface area contributed by atoms with E-state index in [-0.39, 0.29) is 11.9 Å². The lowest BCUT2D eigenvalue weighted by atomic mass is 10.1. The average Bonchev–Trinajstić information content (AvgIpc) is 3.14. The van der Waals surface area contributed by atoms with Gasteiger partial charge in [-0.3, -0.25) is 9.89 Å². The van der Waals surface area contributed by atoms with Gasteiger partial charge in [0.1, 0.15) is 5.82 Å². The Labute approximate surface area is 138 Å². The van der Waals surface area contributed by atoms with Crippen LogP contribution in [0, 0.1) is 5.92 Å². The van der Waals surface area contributed by atoms with Gasteiger partial charge in [-0.1, -0.05) is 31.7 Å². The van der Waals surface area contributed by atoms with Crippen LogP contribution in [0.3, 0.4) is 0 Å². The molecule has 0 aliphatic heterocycles. The van der Waals surface area contributed by atoms with E-state index in [4.69, 9.17) is 0 Å². The number of aromatic amines is 1. The van der Waals surface area contributed by atoms with Crippen molar-refractivity contribution in [3.8, 4) is 0 Å². The Bertz CT molecular complexity index is 619. The molecule has 2 aromatic heterocycles. The van der Waals surface area contributed by atoms with Crippen LogP contribution in [0.5, 0.6) is 0 Å². The molecule has 0 bridgehead atoms. The molecule has 0 aliphatic rings. The number of carbonyl (C=O) groups is 1. The molecule has 2 aromatic rings. The van der Waals surface area contributed by atoms with Gasteiger partial charge in [-0.2, -0.15) is 0 Å². The number of H-pyrrole nitrogens is 1. The van der Waals surface area contributed by atoms with E-state index in [2.05, 4.69) is 34.3 Å². The summed E-state index contributed by atoms with van der Waals surface area (Å²) >= 11 is 2.99. The summed E-state index contributed by atoms with van der Waals surface area (Å²) in [4.78, 5) is 17.3. The van der Waals surface area contributed by atoms with Crippen molar-refractivity contribution >= 4 is 41.2 Å². The van der Waals surface area contributed by atoms with E-state index in [0.29, 0.717) is 22.7 Å². The molecule has 1 unspecified atom stereocenters. The van der Waals surface area contributed by atoms with Crippen LogP contribution < -0.4 is 5.32 Å². The Morgan fingerprint density at radius 1 is 1.45 bits per heavy atom. The van der Waals surface area contributed by atoms with Crippen molar-refractivity contribution in [2.45, 2.75) is 32.0 Å². The smallest absolute Gasteiger partial charge is 0.230 e. The van der Waals surface area contributed by atoms with Gasteiger partial charge in [0.25, 0.3) is 0 Å². The van der Waals surface area contributed by atoms with Crippen molar-refractivity contribution in [1.82, 2.24) is 20.5 Å². The van der Waals surface area contributed by atoms with Gasteiger partial charge >= 0.3 is 0 Å². The molecule has 1 atom stereocenters. The minimum Gasteiger partial charge on any atom is -0.353 e. The summed E-state index contributed by atoms with van der Waals surface area (Å²) in [6.07, 6.45) is 3.86. The van der Waals surface area contributed by atoms with Crippen LogP contribution >= 0.6 is 23.1 Å². The van der Waals surface area contributed by atoms with E-state index < -0.39 is 0 Å². The van der Waals surface area contributed by atoms with E-state index in [1.165, 1.54) is 11.8 Å². The standard InChI is InChI=1S/C15H20N4OS2/c1-10(2)11(3)16-14(20)9-22-15-17-13(18-19-15)7-6-12-5-4-8-21-12/h4-8,10-11H,9H2,1-3H3,(H,16,20)(H,17,18,19). The highest BCUT2D eigenvalue weighted by molar-refractivity contribution is 7.99. The fourth-order valence-electron chi connectivity index (χ4n) is 1.54. The van der Waals surface area contributed by atoms with E-state index in [1.54, 1.807) is 11.3 Å². The van der Waals surface area contributed by atoms with Crippen LogP contribution in [0.25, 0.3) is 12.2 Å². The number of hydrogen-bond donors (Lipinski definition) is 2. The summed E-state index contributed by atoms with van der Waals surface area (Å²) in [6, 6.07) is 4.21. The van der Waals surface area contributed by atoms with Gasteiger partial charge in [-0.05, 0) is 36.4 Å². The maximum atomic E-state index is 11.8. The first kappa shape index (κ1) is 16.8. The molecule has 22 heavy (non-hydrogen) atoms. The number of nitrogens with zero attached hydrogens (tertiary/aromatic N) is 2. The molecule has 0 radical (unpaired) electrons. The molecule has 0 aromatic carbocycles. The monoisotopic (exact) mass is 336 g/mol. The minimum atomic E-state index is 0.00618. The predicted octanol–water partition coefficient (Wildman–Crippen LogP) is 3.29. The van der Waals surface area contributed by atoms with Crippen molar-refractivity contribution in [2.24, 2.45) is 5.92 Å². The molecule has 2 rings (SSSR count). The first-order valence-corrected chi connectivity index (χ1v) is 8.97. The Balaban J connectivity index is 1.81. The lowest BCUT2D eigenvalue weighted by Crippen LogP contribution is -2.37. The van der Waals surface area contributed by atoms with Crippen LogP contribution in [0.15, 0.2) is 22.7 Å². The van der Waals surface area contributed by atoms with Gasteiger partial charge in [0.15, 0.2) is 0 Å². The third-order valence-electron chi connectivity index (χ3n) is 3.15. The molecule has 2 heterocycles. The summed E-state index contributed by atoms with van der Waals surface area (Å²) in [5.41, 5.74) is 0. The van der Waals surface area contributed by atoms with Gasteiger partial charge in [-0.15, -0.1) is 16.4 Å². The zero-order valence-corrected chi connectivity index (χ0v) is 14.5. The maximum Gasteiger partial charge on any atom is 0.230 e. The SMILES string of the molecule is CC(C)C(C)NC(=O)CSc1n[nH]c(C=Cc2cccs2)n1. The van der Waals surface area contributed by atoms with E-state index in [9.17, 15) is 4.79 Å². The number of amides is 1. The van der Waals surface area contributed by atoms with Gasteiger partial charge < -0.3 is 5.32 Å². The highest BCUT2D eigenvalue weighted by Crippen LogP contribution is 2.15. The van der Waals surface area contributed by atoms with Crippen LogP contribution in [0.1, 0.15) is 31.5 Å². The minimum absolute atomic E-state index is 0.00618. The molecule has 118 valence electrons. The van der Waals surface area contributed by atoms with Crippen molar-refractivity contribution in [2.75, 3.05) is 5.75 Å². The first-order chi connectivity index (χ1) is 10.5. The van der Waals surface area contributed by atoms with Crippen molar-refractivity contribution in [1.29, 1.82) is 0 Å². The second kappa shape index (κ2) is 8.14. The van der Waals surface area contributed by atoms with E-state index in [0.717, 1.165) is 4.88 Å². The molecule has 7 heteroatoms. The topological polar surface area (TPSA) is 70.7 Å². The van der Waals surface area contributed by atoms with Crippen LogP contribution in [-0.4, -0.2) is 32.9 Å². The van der Waals surface area contributed by atoms with Gasteiger partial charge in [-0.25, -0.2) is 4.98 Å².